The van der Waals surface area contributed by atoms with Crippen molar-refractivity contribution >= 4 is 29.1 Å². The van der Waals surface area contributed by atoms with Gasteiger partial charge in [-0.15, -0.1) is 0 Å². The Morgan fingerprint density at radius 3 is 2.50 bits per heavy atom. The monoisotopic (exact) mass is 266 g/mol. The second kappa shape index (κ2) is 6.70. The smallest absolute Gasteiger partial charge is 0.333 e. The molecule has 1 unspecified atom stereocenters. The highest BCUT2D eigenvalue weighted by Crippen LogP contribution is 2.14. The number of carbonyl (C=O) groups is 2. The molecular formula is C12H14N2O3S. The third kappa shape index (κ3) is 4.14. The number of rotatable bonds is 5. The van der Waals surface area contributed by atoms with Crippen molar-refractivity contribution in [2.75, 3.05) is 7.11 Å². The number of hydrogen-bond donors (Lipinski definition) is 2. The third-order valence-corrected chi connectivity index (χ3v) is 2.35. The molecule has 1 aromatic carbocycles. The van der Waals surface area contributed by atoms with E-state index in [0.717, 1.165) is 0 Å². The fraction of sp³-hybridized carbons (Fsp3) is 0.250. The molecule has 1 aromatic rings. The first-order valence-electron chi connectivity index (χ1n) is 5.25. The van der Waals surface area contributed by atoms with Crippen LogP contribution < -0.4 is 11.1 Å². The van der Waals surface area contributed by atoms with E-state index in [1.807, 2.05) is 6.07 Å². The Morgan fingerprint density at radius 1 is 1.39 bits per heavy atom. The molecule has 0 aliphatic rings. The molecule has 0 saturated carbocycles. The maximum atomic E-state index is 11.6. The number of benzene rings is 1. The predicted molar refractivity (Wildman–Crippen MR) is 70.7 cm³/mol. The Kier molecular flexibility index (Phi) is 5.26. The molecule has 0 aliphatic carbocycles. The summed E-state index contributed by atoms with van der Waals surface area (Å²) < 4.78 is 4.65. The van der Waals surface area contributed by atoms with Crippen LogP contribution in [-0.4, -0.2) is 24.0 Å². The number of amides is 1. The van der Waals surface area contributed by atoms with Crippen molar-refractivity contribution < 1.29 is 14.3 Å². The van der Waals surface area contributed by atoms with Crippen molar-refractivity contribution in [3.05, 3.63) is 35.9 Å². The third-order valence-electron chi connectivity index (χ3n) is 2.21. The van der Waals surface area contributed by atoms with Crippen LogP contribution in [0.5, 0.6) is 0 Å². The second-order valence-corrected chi connectivity index (χ2v) is 4.10. The first kappa shape index (κ1) is 14.1. The normalized spacial score (nSPS) is 11.4. The summed E-state index contributed by atoms with van der Waals surface area (Å²) in [7, 11) is 1.26. The number of hydrogen-bond acceptors (Lipinski definition) is 4. The molecule has 18 heavy (non-hydrogen) atoms. The molecule has 0 bridgehead atoms. The zero-order valence-corrected chi connectivity index (χ0v) is 10.7. The first-order valence-corrected chi connectivity index (χ1v) is 5.66. The van der Waals surface area contributed by atoms with Crippen LogP contribution in [0.15, 0.2) is 30.3 Å². The molecule has 5 nitrogen and oxygen atoms in total. The Hall–Kier alpha value is -1.95. The topological polar surface area (TPSA) is 81.4 Å². The fourth-order valence-electron chi connectivity index (χ4n) is 1.41. The van der Waals surface area contributed by atoms with Crippen LogP contribution in [-0.2, 0) is 14.3 Å². The molecule has 0 heterocycles. The van der Waals surface area contributed by atoms with E-state index < -0.39 is 17.9 Å². The highest BCUT2D eigenvalue weighted by atomic mass is 32.1. The molecular weight excluding hydrogens is 252 g/mol. The maximum Gasteiger partial charge on any atom is 0.333 e. The van der Waals surface area contributed by atoms with Gasteiger partial charge < -0.3 is 15.8 Å². The number of nitrogens with two attached hydrogens (primary N) is 1. The van der Waals surface area contributed by atoms with Gasteiger partial charge in [-0.25, -0.2) is 4.79 Å². The molecule has 3 N–H and O–H groups in total. The van der Waals surface area contributed by atoms with E-state index in [1.165, 1.54) is 7.11 Å². The van der Waals surface area contributed by atoms with Crippen LogP contribution in [0.25, 0.3) is 0 Å². The molecule has 0 radical (unpaired) electrons. The zero-order valence-electron chi connectivity index (χ0n) is 9.88. The Labute approximate surface area is 110 Å². The Balaban J connectivity index is 2.84. The van der Waals surface area contributed by atoms with E-state index in [1.54, 1.807) is 24.3 Å². The van der Waals surface area contributed by atoms with E-state index in [2.05, 4.69) is 22.3 Å². The quantitative estimate of drug-likeness (QED) is 0.605. The number of esters is 1. The average molecular weight is 266 g/mol. The van der Waals surface area contributed by atoms with Crippen LogP contribution in [0.1, 0.15) is 18.0 Å². The lowest BCUT2D eigenvalue weighted by atomic mass is 10.1. The molecule has 1 atom stereocenters. The Morgan fingerprint density at radius 2 is 2.00 bits per heavy atom. The average Bonchev–Trinajstić information content (AvgIpc) is 2.35. The van der Waals surface area contributed by atoms with Gasteiger partial charge in [-0.3, -0.25) is 4.79 Å². The van der Waals surface area contributed by atoms with Gasteiger partial charge in [0.1, 0.15) is 0 Å². The highest BCUT2D eigenvalue weighted by Gasteiger charge is 2.23. The molecule has 1 rings (SSSR count). The van der Waals surface area contributed by atoms with Crippen molar-refractivity contribution in [3.63, 3.8) is 0 Å². The van der Waals surface area contributed by atoms with E-state index in [4.69, 9.17) is 5.73 Å². The number of nitrogens with one attached hydrogen (secondary N) is 1. The minimum absolute atomic E-state index is 0.0733. The number of carbonyl (C=O) groups excluding carboxylic acids is 2. The maximum absolute atomic E-state index is 11.6. The summed E-state index contributed by atoms with van der Waals surface area (Å²) in [5, 5.41) is 2.53. The number of ether oxygens (including phenoxy) is 1. The van der Waals surface area contributed by atoms with E-state index in [9.17, 15) is 9.59 Å². The van der Waals surface area contributed by atoms with Gasteiger partial charge >= 0.3 is 5.97 Å². The molecule has 6 heteroatoms. The number of thiocarbonyl (C=S) groups is 1. The standard InChI is InChI=1S/C12H14N2O3S/c1-17-12(16)11(8-5-3-2-4-6-8)14-10(15)7-9(13)18/h2-6,11H,7H2,1H3,(H2,13,18)(H,14,15). The second-order valence-electron chi connectivity index (χ2n) is 3.58. The van der Waals surface area contributed by atoms with E-state index in [0.29, 0.717) is 5.56 Å². The lowest BCUT2D eigenvalue weighted by molar-refractivity contribution is -0.145. The van der Waals surface area contributed by atoms with Crippen LogP contribution in [0.2, 0.25) is 0 Å². The molecule has 0 aliphatic heterocycles. The van der Waals surface area contributed by atoms with Gasteiger partial charge in [0.05, 0.1) is 18.5 Å². The van der Waals surface area contributed by atoms with Gasteiger partial charge in [-0.05, 0) is 5.56 Å². The summed E-state index contributed by atoms with van der Waals surface area (Å²) in [6.45, 7) is 0. The zero-order chi connectivity index (χ0) is 13.5. The molecule has 0 saturated heterocycles. The van der Waals surface area contributed by atoms with Crippen LogP contribution in [0.4, 0.5) is 0 Å². The summed E-state index contributed by atoms with van der Waals surface area (Å²) in [4.78, 5) is 23.3. The molecule has 0 spiro atoms. The summed E-state index contributed by atoms with van der Waals surface area (Å²) in [6.07, 6.45) is -0.102. The van der Waals surface area contributed by atoms with Gasteiger partial charge in [-0.2, -0.15) is 0 Å². The fourth-order valence-corrected chi connectivity index (χ4v) is 1.54. The molecule has 1 amide bonds. The van der Waals surface area contributed by atoms with Crippen molar-refractivity contribution in [1.82, 2.24) is 5.32 Å². The van der Waals surface area contributed by atoms with Crippen LogP contribution >= 0.6 is 12.2 Å². The van der Waals surface area contributed by atoms with Gasteiger partial charge in [0.25, 0.3) is 0 Å². The number of methoxy groups -OCH3 is 1. The van der Waals surface area contributed by atoms with Crippen molar-refractivity contribution in [3.8, 4) is 0 Å². The Bertz CT molecular complexity index is 448. The largest absolute Gasteiger partial charge is 0.467 e. The molecule has 0 aromatic heterocycles. The lowest BCUT2D eigenvalue weighted by Gasteiger charge is -2.16. The molecule has 96 valence electrons. The predicted octanol–water partition coefficient (Wildman–Crippen LogP) is 0.693. The minimum Gasteiger partial charge on any atom is -0.467 e. The first-order chi connectivity index (χ1) is 8.54. The minimum atomic E-state index is -0.849. The van der Waals surface area contributed by atoms with Gasteiger partial charge in [0.2, 0.25) is 5.91 Å². The van der Waals surface area contributed by atoms with Gasteiger partial charge in [-0.1, -0.05) is 42.5 Å². The van der Waals surface area contributed by atoms with Crippen molar-refractivity contribution in [2.24, 2.45) is 5.73 Å². The highest BCUT2D eigenvalue weighted by molar-refractivity contribution is 7.80. The summed E-state index contributed by atoms with van der Waals surface area (Å²) >= 11 is 4.64. The summed E-state index contributed by atoms with van der Waals surface area (Å²) in [5.41, 5.74) is 5.91. The van der Waals surface area contributed by atoms with Crippen molar-refractivity contribution in [1.29, 1.82) is 0 Å². The summed E-state index contributed by atoms with van der Waals surface area (Å²) in [5.74, 6) is -0.959. The van der Waals surface area contributed by atoms with Gasteiger partial charge in [0.15, 0.2) is 6.04 Å². The van der Waals surface area contributed by atoms with Crippen LogP contribution in [0, 0.1) is 0 Å². The van der Waals surface area contributed by atoms with E-state index >= 15 is 0 Å². The summed E-state index contributed by atoms with van der Waals surface area (Å²) in [6, 6.07) is 7.95. The van der Waals surface area contributed by atoms with Crippen LogP contribution in [0.3, 0.4) is 0 Å². The molecule has 0 fully saturated rings. The van der Waals surface area contributed by atoms with Gasteiger partial charge in [0, 0.05) is 0 Å². The lowest BCUT2D eigenvalue weighted by Crippen LogP contribution is -2.36. The van der Waals surface area contributed by atoms with Crippen molar-refractivity contribution in [2.45, 2.75) is 12.5 Å². The SMILES string of the molecule is COC(=O)C(NC(=O)CC(N)=S)c1ccccc1. The van der Waals surface area contributed by atoms with E-state index in [-0.39, 0.29) is 11.4 Å².